The van der Waals surface area contributed by atoms with Gasteiger partial charge in [-0.3, -0.25) is 0 Å². The van der Waals surface area contributed by atoms with Crippen molar-refractivity contribution >= 4 is 0 Å². The van der Waals surface area contributed by atoms with Gasteiger partial charge >= 0.3 is 0 Å². The molecule has 4 saturated carbocycles. The highest BCUT2D eigenvalue weighted by molar-refractivity contribution is 5.33. The van der Waals surface area contributed by atoms with Crippen LogP contribution in [0.25, 0.3) is 0 Å². The highest BCUT2D eigenvalue weighted by atomic mass is 14.9. The Morgan fingerprint density at radius 3 is 2.44 bits per heavy atom. The van der Waals surface area contributed by atoms with Crippen LogP contribution in [0.15, 0.2) is 0 Å². The summed E-state index contributed by atoms with van der Waals surface area (Å²) in [6.45, 7) is 2.54. The van der Waals surface area contributed by atoms with E-state index in [1.807, 2.05) is 0 Å². The van der Waals surface area contributed by atoms with Crippen LogP contribution in [0.4, 0.5) is 0 Å². The number of hydrogen-bond donors (Lipinski definition) is 0. The van der Waals surface area contributed by atoms with Gasteiger partial charge in [0.05, 0.1) is 0 Å². The molecule has 0 aliphatic heterocycles. The van der Waals surface area contributed by atoms with E-state index in [1.165, 1.54) is 29.6 Å². The van der Waals surface area contributed by atoms with Crippen LogP contribution >= 0.6 is 0 Å². The maximum Gasteiger partial charge on any atom is -0.0229 e. The van der Waals surface area contributed by atoms with E-state index >= 15 is 0 Å². The topological polar surface area (TPSA) is 0 Å². The molecule has 0 spiro atoms. The number of fused-ring (bicyclic) bond motifs is 4. The second-order valence-electron chi connectivity index (χ2n) is 4.90. The minimum atomic E-state index is 0.938. The highest BCUT2D eigenvalue weighted by Crippen LogP contribution is 2.91. The van der Waals surface area contributed by atoms with E-state index < -0.39 is 0 Å². The Labute approximate surface area is 55.6 Å². The third-order valence-corrected chi connectivity index (χ3v) is 5.02. The Bertz CT molecular complexity index is 193. The maximum atomic E-state index is 2.54. The molecule has 9 heavy (non-hydrogen) atoms. The lowest BCUT2D eigenvalue weighted by Gasteiger charge is -2.32. The molecule has 0 radical (unpaired) electrons. The van der Waals surface area contributed by atoms with Crippen LogP contribution < -0.4 is 0 Å². The van der Waals surface area contributed by atoms with Gasteiger partial charge < -0.3 is 0 Å². The normalized spacial score (nSPS) is 87.0. The summed E-state index contributed by atoms with van der Waals surface area (Å²) in [6, 6.07) is 0. The second-order valence-corrected chi connectivity index (χ2v) is 4.90. The molecule has 0 bridgehead atoms. The van der Waals surface area contributed by atoms with Crippen molar-refractivity contribution in [2.75, 3.05) is 0 Å². The Balaban J connectivity index is 1.96. The van der Waals surface area contributed by atoms with E-state index in [0.29, 0.717) is 0 Å². The van der Waals surface area contributed by atoms with E-state index in [4.69, 9.17) is 0 Å². The molecule has 6 unspecified atom stereocenters. The number of hydrogen-bond acceptors (Lipinski definition) is 0. The van der Waals surface area contributed by atoms with E-state index in [2.05, 4.69) is 6.92 Å². The second kappa shape index (κ2) is 0.741. The monoisotopic (exact) mass is 120 g/mol. The number of rotatable bonds is 0. The summed E-state index contributed by atoms with van der Waals surface area (Å²) in [7, 11) is 0. The van der Waals surface area contributed by atoms with E-state index in [0.717, 1.165) is 5.41 Å². The van der Waals surface area contributed by atoms with Crippen LogP contribution in [0.5, 0.6) is 0 Å². The van der Waals surface area contributed by atoms with E-state index in [9.17, 15) is 0 Å². The lowest BCUT2D eigenvalue weighted by molar-refractivity contribution is 0.157. The zero-order valence-electron chi connectivity index (χ0n) is 5.80. The molecule has 4 aliphatic rings. The first-order valence-electron chi connectivity index (χ1n) is 4.33. The van der Waals surface area contributed by atoms with Crippen molar-refractivity contribution in [1.82, 2.24) is 0 Å². The molecule has 0 heteroatoms. The van der Waals surface area contributed by atoms with Gasteiger partial charge in [-0.2, -0.15) is 0 Å². The van der Waals surface area contributed by atoms with Crippen molar-refractivity contribution in [2.45, 2.75) is 19.8 Å². The summed E-state index contributed by atoms with van der Waals surface area (Å²) in [5.74, 6) is 6.18. The molecule has 0 aromatic carbocycles. The van der Waals surface area contributed by atoms with Crippen LogP contribution in [-0.2, 0) is 0 Å². The summed E-state index contributed by atoms with van der Waals surface area (Å²) in [5.41, 5.74) is 0.938. The largest absolute Gasteiger partial charge is 0.0588 e. The third-order valence-electron chi connectivity index (χ3n) is 5.02. The first kappa shape index (κ1) is 4.00. The maximum absolute atomic E-state index is 2.54. The molecular formula is C9H12. The molecule has 48 valence electrons. The fourth-order valence-corrected chi connectivity index (χ4v) is 4.46. The van der Waals surface area contributed by atoms with Crippen molar-refractivity contribution < 1.29 is 0 Å². The Morgan fingerprint density at radius 1 is 1.11 bits per heavy atom. The third kappa shape index (κ3) is 0.199. The smallest absolute Gasteiger partial charge is 0.0229 e. The lowest BCUT2D eigenvalue weighted by atomic mass is 9.72. The molecule has 0 heterocycles. The van der Waals surface area contributed by atoms with Gasteiger partial charge in [-0.05, 0) is 47.8 Å². The minimum Gasteiger partial charge on any atom is -0.0588 e. The van der Waals surface area contributed by atoms with Gasteiger partial charge in [0.1, 0.15) is 0 Å². The zero-order chi connectivity index (χ0) is 5.80. The predicted octanol–water partition coefficient (Wildman–Crippen LogP) is 1.91. The first-order valence-corrected chi connectivity index (χ1v) is 4.33. The average Bonchev–Trinajstić information content (AvgIpc) is 2.66. The van der Waals surface area contributed by atoms with Gasteiger partial charge in [-0.1, -0.05) is 6.92 Å². The Hall–Kier alpha value is 0. The Morgan fingerprint density at radius 2 is 2.00 bits per heavy atom. The van der Waals surface area contributed by atoms with Gasteiger partial charge in [0.25, 0.3) is 0 Å². The van der Waals surface area contributed by atoms with Crippen molar-refractivity contribution in [2.24, 2.45) is 35.0 Å². The van der Waals surface area contributed by atoms with Gasteiger partial charge in [0.2, 0.25) is 0 Å². The summed E-state index contributed by atoms with van der Waals surface area (Å²) < 4.78 is 0. The van der Waals surface area contributed by atoms with Crippen LogP contribution in [0.2, 0.25) is 0 Å². The van der Waals surface area contributed by atoms with Crippen LogP contribution in [0.3, 0.4) is 0 Å². The highest BCUT2D eigenvalue weighted by Gasteiger charge is 2.85. The van der Waals surface area contributed by atoms with Crippen molar-refractivity contribution in [3.63, 3.8) is 0 Å². The minimum absolute atomic E-state index is 0.938. The average molecular weight is 120 g/mol. The molecule has 0 nitrogen and oxygen atoms in total. The first-order chi connectivity index (χ1) is 4.33. The molecule has 4 fully saturated rings. The molecule has 4 aliphatic carbocycles. The predicted molar refractivity (Wildman–Crippen MR) is 34.8 cm³/mol. The summed E-state index contributed by atoms with van der Waals surface area (Å²) in [6.07, 6.45) is 3.25. The SMILES string of the molecule is CC12C3CC1C2C1CC13. The van der Waals surface area contributed by atoms with E-state index in [-0.39, 0.29) is 0 Å². The van der Waals surface area contributed by atoms with Crippen LogP contribution in [0.1, 0.15) is 19.8 Å². The molecule has 0 amide bonds. The van der Waals surface area contributed by atoms with E-state index in [1.54, 1.807) is 12.8 Å². The Kier molecular flexibility index (Phi) is 0.329. The van der Waals surface area contributed by atoms with Crippen molar-refractivity contribution in [3.8, 4) is 0 Å². The molecule has 0 aromatic rings. The summed E-state index contributed by atoms with van der Waals surface area (Å²) in [4.78, 5) is 0. The fraction of sp³-hybridized carbons (Fsp3) is 1.00. The molecule has 4 rings (SSSR count). The molecule has 0 saturated heterocycles. The summed E-state index contributed by atoms with van der Waals surface area (Å²) >= 11 is 0. The van der Waals surface area contributed by atoms with Gasteiger partial charge in [0, 0.05) is 0 Å². The fourth-order valence-electron chi connectivity index (χ4n) is 4.46. The van der Waals surface area contributed by atoms with Crippen molar-refractivity contribution in [3.05, 3.63) is 0 Å². The quantitative estimate of drug-likeness (QED) is 0.458. The van der Waals surface area contributed by atoms with Crippen LogP contribution in [-0.4, -0.2) is 0 Å². The standard InChI is InChI=1S/C9H12/c1-9-6-3-7(9)8(9)5-2-4(5)6/h4-8H,2-3H2,1H3. The van der Waals surface area contributed by atoms with Crippen LogP contribution in [0, 0.1) is 35.0 Å². The molecular weight excluding hydrogens is 108 g/mol. The zero-order valence-corrected chi connectivity index (χ0v) is 5.80. The molecule has 0 N–H and O–H groups in total. The molecule has 0 aromatic heterocycles. The summed E-state index contributed by atoms with van der Waals surface area (Å²) in [5, 5.41) is 0. The van der Waals surface area contributed by atoms with Gasteiger partial charge in [-0.25, -0.2) is 0 Å². The van der Waals surface area contributed by atoms with Gasteiger partial charge in [0.15, 0.2) is 0 Å². The van der Waals surface area contributed by atoms with Crippen molar-refractivity contribution in [1.29, 1.82) is 0 Å². The van der Waals surface area contributed by atoms with Gasteiger partial charge in [-0.15, -0.1) is 0 Å². The lowest BCUT2D eigenvalue weighted by Crippen LogP contribution is -2.26. The molecule has 6 atom stereocenters.